The number of rotatable bonds is 8. The van der Waals surface area contributed by atoms with E-state index in [1.807, 2.05) is 6.07 Å². The molecule has 2 heterocycles. The molecule has 2 aliphatic rings. The molecule has 0 saturated carbocycles. The Labute approximate surface area is 184 Å². The number of hydrogen-bond acceptors (Lipinski definition) is 7. The molecule has 1 N–H and O–H groups in total. The first-order chi connectivity index (χ1) is 15.3. The predicted molar refractivity (Wildman–Crippen MR) is 110 cm³/mol. The van der Waals surface area contributed by atoms with Crippen molar-refractivity contribution in [1.82, 2.24) is 15.1 Å². The highest BCUT2D eigenvalue weighted by atomic mass is 16.6. The van der Waals surface area contributed by atoms with Gasteiger partial charge in [-0.15, -0.1) is 0 Å². The van der Waals surface area contributed by atoms with E-state index in [1.54, 1.807) is 4.90 Å². The van der Waals surface area contributed by atoms with Crippen LogP contribution in [0.25, 0.3) is 0 Å². The number of carbonyl (C=O) groups is 4. The van der Waals surface area contributed by atoms with Crippen molar-refractivity contribution < 1.29 is 24.1 Å². The van der Waals surface area contributed by atoms with Crippen LogP contribution < -0.4 is 5.32 Å². The first kappa shape index (κ1) is 22.9. The molecule has 0 radical (unpaired) electrons. The zero-order valence-corrected chi connectivity index (χ0v) is 17.4. The summed E-state index contributed by atoms with van der Waals surface area (Å²) in [6, 6.07) is 5.41. The smallest absolute Gasteiger partial charge is 0.270 e. The van der Waals surface area contributed by atoms with E-state index in [0.717, 1.165) is 23.8 Å². The Morgan fingerprint density at radius 2 is 1.88 bits per heavy atom. The molecule has 1 aromatic carbocycles. The Hall–Kier alpha value is -3.81. The summed E-state index contributed by atoms with van der Waals surface area (Å²) in [7, 11) is 0. The molecule has 2 aliphatic heterocycles. The van der Waals surface area contributed by atoms with Crippen molar-refractivity contribution >= 4 is 29.3 Å². The molecule has 4 amide bonds. The highest BCUT2D eigenvalue weighted by molar-refractivity contribution is 6.21. The molecule has 1 aromatic rings. The SMILES string of the molecule is N#CCC(=O)N1CCC(CNC(=O)CCCN2C(=O)c3ccc([N+](=O)[O-])cc3C2=O)CC1. The summed E-state index contributed by atoms with van der Waals surface area (Å²) < 4.78 is 0. The van der Waals surface area contributed by atoms with Crippen molar-refractivity contribution in [3.8, 4) is 6.07 Å². The fourth-order valence-corrected chi connectivity index (χ4v) is 3.91. The van der Waals surface area contributed by atoms with E-state index in [2.05, 4.69) is 5.32 Å². The zero-order chi connectivity index (χ0) is 23.3. The molecule has 1 saturated heterocycles. The van der Waals surface area contributed by atoms with Crippen LogP contribution in [-0.4, -0.2) is 64.5 Å². The summed E-state index contributed by atoms with van der Waals surface area (Å²) in [4.78, 5) is 61.6. The minimum Gasteiger partial charge on any atom is -0.356 e. The van der Waals surface area contributed by atoms with Gasteiger partial charge in [0.15, 0.2) is 0 Å². The molecule has 11 nitrogen and oxygen atoms in total. The van der Waals surface area contributed by atoms with Crippen molar-refractivity contribution in [3.05, 3.63) is 39.4 Å². The van der Waals surface area contributed by atoms with Crippen LogP contribution in [0.4, 0.5) is 5.69 Å². The van der Waals surface area contributed by atoms with E-state index in [4.69, 9.17) is 5.26 Å². The normalized spacial score (nSPS) is 16.0. The third-order valence-electron chi connectivity index (χ3n) is 5.74. The lowest BCUT2D eigenvalue weighted by atomic mass is 9.96. The van der Waals surface area contributed by atoms with Crippen molar-refractivity contribution in [2.24, 2.45) is 5.92 Å². The zero-order valence-electron chi connectivity index (χ0n) is 17.4. The summed E-state index contributed by atoms with van der Waals surface area (Å²) in [5, 5.41) is 22.3. The lowest BCUT2D eigenvalue weighted by Gasteiger charge is -2.31. The largest absolute Gasteiger partial charge is 0.356 e. The van der Waals surface area contributed by atoms with E-state index in [0.29, 0.717) is 19.6 Å². The van der Waals surface area contributed by atoms with E-state index < -0.39 is 16.7 Å². The Morgan fingerprint density at radius 3 is 2.53 bits per heavy atom. The average Bonchev–Trinajstić information content (AvgIpc) is 3.02. The molecular weight excluding hydrogens is 418 g/mol. The summed E-state index contributed by atoms with van der Waals surface area (Å²) in [6.45, 7) is 1.67. The van der Waals surface area contributed by atoms with Gasteiger partial charge in [-0.05, 0) is 31.2 Å². The van der Waals surface area contributed by atoms with Gasteiger partial charge in [-0.1, -0.05) is 0 Å². The van der Waals surface area contributed by atoms with Gasteiger partial charge in [-0.2, -0.15) is 5.26 Å². The van der Waals surface area contributed by atoms with Gasteiger partial charge in [0, 0.05) is 44.7 Å². The maximum Gasteiger partial charge on any atom is 0.270 e. The third-order valence-corrected chi connectivity index (χ3v) is 5.74. The van der Waals surface area contributed by atoms with Crippen LogP contribution in [0.3, 0.4) is 0 Å². The highest BCUT2D eigenvalue weighted by Gasteiger charge is 2.36. The molecule has 32 heavy (non-hydrogen) atoms. The number of likely N-dealkylation sites (tertiary alicyclic amines) is 1. The quantitative estimate of drug-likeness (QED) is 0.362. The minimum atomic E-state index is -0.626. The number of amides is 4. The number of nitro groups is 1. The van der Waals surface area contributed by atoms with Gasteiger partial charge in [0.05, 0.1) is 22.1 Å². The second kappa shape index (κ2) is 10.00. The monoisotopic (exact) mass is 441 g/mol. The van der Waals surface area contributed by atoms with Crippen molar-refractivity contribution in [3.63, 3.8) is 0 Å². The molecule has 1 fully saturated rings. The number of hydrogen-bond donors (Lipinski definition) is 1. The van der Waals surface area contributed by atoms with Gasteiger partial charge >= 0.3 is 0 Å². The maximum absolute atomic E-state index is 12.4. The van der Waals surface area contributed by atoms with Crippen LogP contribution in [0.2, 0.25) is 0 Å². The lowest BCUT2D eigenvalue weighted by Crippen LogP contribution is -2.41. The first-order valence-corrected chi connectivity index (χ1v) is 10.4. The lowest BCUT2D eigenvalue weighted by molar-refractivity contribution is -0.384. The van der Waals surface area contributed by atoms with Gasteiger partial charge in [-0.25, -0.2) is 0 Å². The number of non-ortho nitro benzene ring substituents is 1. The average molecular weight is 441 g/mol. The Balaban J connectivity index is 1.40. The summed E-state index contributed by atoms with van der Waals surface area (Å²) in [5.41, 5.74) is -0.121. The van der Waals surface area contributed by atoms with E-state index in [1.165, 1.54) is 12.1 Å². The molecule has 3 rings (SSSR count). The second-order valence-electron chi connectivity index (χ2n) is 7.82. The number of nitriles is 1. The van der Waals surface area contributed by atoms with Crippen molar-refractivity contribution in [2.75, 3.05) is 26.2 Å². The number of nitrogens with zero attached hydrogens (tertiary/aromatic N) is 4. The molecule has 0 spiro atoms. The van der Waals surface area contributed by atoms with E-state index >= 15 is 0 Å². The minimum absolute atomic E-state index is 0.00763. The van der Waals surface area contributed by atoms with Crippen LogP contribution in [0, 0.1) is 27.4 Å². The Kier molecular flexibility index (Phi) is 7.14. The molecule has 0 unspecified atom stereocenters. The molecule has 11 heteroatoms. The number of piperidine rings is 1. The molecule has 168 valence electrons. The Morgan fingerprint density at radius 1 is 1.19 bits per heavy atom. The van der Waals surface area contributed by atoms with E-state index in [9.17, 15) is 29.3 Å². The number of carbonyl (C=O) groups excluding carboxylic acids is 4. The fourth-order valence-electron chi connectivity index (χ4n) is 3.91. The van der Waals surface area contributed by atoms with E-state index in [-0.39, 0.29) is 60.4 Å². The van der Waals surface area contributed by atoms with Crippen LogP contribution in [0.1, 0.15) is 52.8 Å². The van der Waals surface area contributed by atoms with Gasteiger partial charge in [-0.3, -0.25) is 34.2 Å². The highest BCUT2D eigenvalue weighted by Crippen LogP contribution is 2.27. The van der Waals surface area contributed by atoms with Crippen LogP contribution >= 0.6 is 0 Å². The Bertz CT molecular complexity index is 993. The summed E-state index contributed by atoms with van der Waals surface area (Å²) >= 11 is 0. The number of nitro benzene ring substituents is 1. The molecule has 0 atom stereocenters. The number of imide groups is 1. The standard InChI is InChI=1S/C21H23N5O6/c22-8-5-19(28)24-10-6-14(7-11-24)13-23-18(27)2-1-9-25-20(29)16-4-3-15(26(31)32)12-17(16)21(25)30/h3-4,12,14H,1-2,5-7,9-11,13H2,(H,23,27). The second-order valence-corrected chi connectivity index (χ2v) is 7.82. The van der Waals surface area contributed by atoms with Crippen molar-refractivity contribution in [1.29, 1.82) is 5.26 Å². The predicted octanol–water partition coefficient (Wildman–Crippen LogP) is 1.24. The molecule has 0 bridgehead atoms. The van der Waals surface area contributed by atoms with Gasteiger partial charge in [0.1, 0.15) is 6.42 Å². The topological polar surface area (TPSA) is 154 Å². The van der Waals surface area contributed by atoms with Gasteiger partial charge < -0.3 is 10.2 Å². The molecule has 0 aliphatic carbocycles. The van der Waals surface area contributed by atoms with Crippen LogP contribution in [0.15, 0.2) is 18.2 Å². The van der Waals surface area contributed by atoms with Crippen LogP contribution in [0.5, 0.6) is 0 Å². The van der Waals surface area contributed by atoms with Gasteiger partial charge in [0.25, 0.3) is 17.5 Å². The number of nitrogens with one attached hydrogen (secondary N) is 1. The molecular formula is C21H23N5O6. The first-order valence-electron chi connectivity index (χ1n) is 10.4. The van der Waals surface area contributed by atoms with Crippen molar-refractivity contribution in [2.45, 2.75) is 32.1 Å². The third kappa shape index (κ3) is 5.08. The van der Waals surface area contributed by atoms with Crippen LogP contribution in [-0.2, 0) is 9.59 Å². The fraction of sp³-hybridized carbons (Fsp3) is 0.476. The summed E-state index contributed by atoms with van der Waals surface area (Å²) in [5.74, 6) is -1.22. The number of fused-ring (bicyclic) bond motifs is 1. The van der Waals surface area contributed by atoms with Gasteiger partial charge in [0.2, 0.25) is 11.8 Å². The maximum atomic E-state index is 12.4. The molecule has 0 aromatic heterocycles. The number of benzene rings is 1. The summed E-state index contributed by atoms with van der Waals surface area (Å²) in [6.07, 6.45) is 1.79.